The fraction of sp³-hybridized carbons (Fsp3) is 0.562. The maximum atomic E-state index is 12.1. The fourth-order valence-electron chi connectivity index (χ4n) is 2.55. The van der Waals surface area contributed by atoms with Gasteiger partial charge in [0.1, 0.15) is 0 Å². The van der Waals surface area contributed by atoms with Gasteiger partial charge in [-0.25, -0.2) is 0 Å². The van der Waals surface area contributed by atoms with Crippen molar-refractivity contribution in [3.63, 3.8) is 0 Å². The van der Waals surface area contributed by atoms with Gasteiger partial charge < -0.3 is 0 Å². The summed E-state index contributed by atoms with van der Waals surface area (Å²) in [6, 6.07) is 10.5. The minimum absolute atomic E-state index is 0.304. The summed E-state index contributed by atoms with van der Waals surface area (Å²) in [5.41, 5.74) is 0.339. The van der Waals surface area contributed by atoms with Crippen molar-refractivity contribution in [3.05, 3.63) is 30.3 Å². The van der Waals surface area contributed by atoms with E-state index in [4.69, 9.17) is 0 Å². The number of hydrogen-bond donors (Lipinski definition) is 0. The zero-order valence-electron chi connectivity index (χ0n) is 11.5. The molecule has 0 aromatic heterocycles. The molecule has 1 saturated carbocycles. The van der Waals surface area contributed by atoms with E-state index in [-0.39, 0.29) is 0 Å². The van der Waals surface area contributed by atoms with Crippen LogP contribution in [0.15, 0.2) is 30.3 Å². The van der Waals surface area contributed by atoms with Crippen LogP contribution in [0.25, 0.3) is 0 Å². The van der Waals surface area contributed by atoms with Crippen LogP contribution in [0.4, 0.5) is 0 Å². The van der Waals surface area contributed by atoms with Gasteiger partial charge in [-0.1, -0.05) is 0 Å². The van der Waals surface area contributed by atoms with Gasteiger partial charge in [0.05, 0.1) is 0 Å². The predicted octanol–water partition coefficient (Wildman–Crippen LogP) is 3.22. The standard InChI is InChI=1S/C16H22OSe/c1-16(2,3)12-9-10-14(17)15(11-12)18-13-7-5-4-6-8-13/h4-8,12,15H,9-11H2,1-3H3/t12-,15+/m0/s1. The molecule has 18 heavy (non-hydrogen) atoms. The summed E-state index contributed by atoms with van der Waals surface area (Å²) >= 11 is 0.308. The maximum absolute atomic E-state index is 12.1. The molecule has 0 radical (unpaired) electrons. The molecule has 0 bridgehead atoms. The van der Waals surface area contributed by atoms with Crippen molar-refractivity contribution in [2.24, 2.45) is 11.3 Å². The molecule has 1 fully saturated rings. The quantitative estimate of drug-likeness (QED) is 0.767. The number of carbonyl (C=O) groups is 1. The Morgan fingerprint density at radius 3 is 2.44 bits per heavy atom. The molecule has 1 nitrogen and oxygen atoms in total. The van der Waals surface area contributed by atoms with Crippen molar-refractivity contribution < 1.29 is 4.79 Å². The number of hydrogen-bond acceptors (Lipinski definition) is 1. The third-order valence-electron chi connectivity index (χ3n) is 3.84. The van der Waals surface area contributed by atoms with Crippen molar-refractivity contribution in [1.82, 2.24) is 0 Å². The molecule has 0 spiro atoms. The number of ketones is 1. The van der Waals surface area contributed by atoms with Gasteiger partial charge in [0.15, 0.2) is 0 Å². The molecular formula is C16H22OSe. The number of benzene rings is 1. The number of rotatable bonds is 2. The molecule has 0 aliphatic heterocycles. The minimum atomic E-state index is 0.304. The first kappa shape index (κ1) is 13.8. The zero-order valence-corrected chi connectivity index (χ0v) is 13.2. The van der Waals surface area contributed by atoms with Crippen LogP contribution in [0, 0.1) is 11.3 Å². The van der Waals surface area contributed by atoms with E-state index >= 15 is 0 Å². The Kier molecular flexibility index (Phi) is 4.29. The van der Waals surface area contributed by atoms with Gasteiger partial charge in [0.25, 0.3) is 0 Å². The van der Waals surface area contributed by atoms with Crippen molar-refractivity contribution in [3.8, 4) is 0 Å². The van der Waals surface area contributed by atoms with E-state index < -0.39 is 0 Å². The van der Waals surface area contributed by atoms with E-state index in [1.54, 1.807) is 0 Å². The molecule has 98 valence electrons. The topological polar surface area (TPSA) is 17.1 Å². The molecular weight excluding hydrogens is 287 g/mol. The molecule has 1 aromatic carbocycles. The van der Waals surface area contributed by atoms with E-state index in [2.05, 4.69) is 45.0 Å². The predicted molar refractivity (Wildman–Crippen MR) is 77.4 cm³/mol. The number of carbonyl (C=O) groups excluding carboxylic acids is 1. The van der Waals surface area contributed by atoms with Crippen LogP contribution in [0.5, 0.6) is 0 Å². The van der Waals surface area contributed by atoms with Crippen LogP contribution in [0.3, 0.4) is 0 Å². The average molecular weight is 309 g/mol. The van der Waals surface area contributed by atoms with E-state index in [1.165, 1.54) is 4.46 Å². The van der Waals surface area contributed by atoms with Crippen molar-refractivity contribution in [2.75, 3.05) is 0 Å². The van der Waals surface area contributed by atoms with Gasteiger partial charge in [-0.15, -0.1) is 0 Å². The van der Waals surface area contributed by atoms with Crippen LogP contribution in [-0.4, -0.2) is 20.7 Å². The van der Waals surface area contributed by atoms with Crippen molar-refractivity contribution >= 4 is 25.2 Å². The summed E-state index contributed by atoms with van der Waals surface area (Å²) in [6.07, 6.45) is 2.97. The molecule has 1 aliphatic carbocycles. The molecule has 1 aromatic rings. The summed E-state index contributed by atoms with van der Waals surface area (Å²) in [7, 11) is 0. The second-order valence-corrected chi connectivity index (χ2v) is 8.90. The Morgan fingerprint density at radius 2 is 1.83 bits per heavy atom. The molecule has 0 heterocycles. The molecule has 1 aliphatic rings. The third-order valence-corrected chi connectivity index (χ3v) is 6.54. The molecule has 2 heteroatoms. The van der Waals surface area contributed by atoms with E-state index in [0.29, 0.717) is 36.9 Å². The van der Waals surface area contributed by atoms with Crippen LogP contribution in [0.2, 0.25) is 4.82 Å². The summed E-state index contributed by atoms with van der Waals surface area (Å²) in [5.74, 6) is 1.20. The normalized spacial score (nSPS) is 25.2. The van der Waals surface area contributed by atoms with Gasteiger partial charge in [0.2, 0.25) is 0 Å². The van der Waals surface area contributed by atoms with Gasteiger partial charge in [-0.3, -0.25) is 0 Å². The molecule has 2 rings (SSSR count). The van der Waals surface area contributed by atoms with Crippen LogP contribution in [0.1, 0.15) is 40.0 Å². The summed E-state index contributed by atoms with van der Waals surface area (Å²) in [6.45, 7) is 6.92. The van der Waals surface area contributed by atoms with Crippen LogP contribution in [-0.2, 0) is 4.79 Å². The molecule has 0 saturated heterocycles. The summed E-state index contributed by atoms with van der Waals surface area (Å²) in [4.78, 5) is 12.4. The molecule has 0 N–H and O–H groups in total. The monoisotopic (exact) mass is 310 g/mol. The Morgan fingerprint density at radius 1 is 1.17 bits per heavy atom. The summed E-state index contributed by atoms with van der Waals surface area (Å²) in [5, 5.41) is 0. The number of Topliss-reactive ketones (excluding diaryl/α,β-unsaturated/α-hetero) is 1. The van der Waals surface area contributed by atoms with Gasteiger partial charge in [0, 0.05) is 0 Å². The van der Waals surface area contributed by atoms with E-state index in [1.807, 2.05) is 6.07 Å². The second kappa shape index (κ2) is 5.59. The van der Waals surface area contributed by atoms with E-state index in [0.717, 1.165) is 19.3 Å². The fourth-order valence-corrected chi connectivity index (χ4v) is 5.11. The van der Waals surface area contributed by atoms with Crippen LogP contribution < -0.4 is 4.46 Å². The Bertz CT molecular complexity index is 405. The molecule has 0 amide bonds. The van der Waals surface area contributed by atoms with E-state index in [9.17, 15) is 4.79 Å². The average Bonchev–Trinajstić information content (AvgIpc) is 2.32. The van der Waals surface area contributed by atoms with Gasteiger partial charge in [-0.05, 0) is 0 Å². The zero-order chi connectivity index (χ0) is 13.2. The first-order valence-electron chi connectivity index (χ1n) is 6.71. The Balaban J connectivity index is 2.05. The Hall–Kier alpha value is -0.591. The Labute approximate surface area is 117 Å². The first-order chi connectivity index (χ1) is 8.47. The van der Waals surface area contributed by atoms with Crippen LogP contribution >= 0.6 is 0 Å². The second-order valence-electron chi connectivity index (χ2n) is 6.22. The SMILES string of the molecule is CC(C)(C)[C@H]1CCC(=O)[C@H]([Se]c2ccccc2)C1. The third kappa shape index (κ3) is 3.46. The summed E-state index contributed by atoms with van der Waals surface area (Å²) < 4.78 is 1.36. The van der Waals surface area contributed by atoms with Gasteiger partial charge >= 0.3 is 117 Å². The first-order valence-corrected chi connectivity index (χ1v) is 8.56. The van der Waals surface area contributed by atoms with Gasteiger partial charge in [-0.2, -0.15) is 0 Å². The van der Waals surface area contributed by atoms with Crippen molar-refractivity contribution in [2.45, 2.75) is 44.9 Å². The molecule has 0 unspecified atom stereocenters. The molecule has 2 atom stereocenters. The van der Waals surface area contributed by atoms with Crippen molar-refractivity contribution in [1.29, 1.82) is 0 Å².